The Hall–Kier alpha value is -1.40. The Morgan fingerprint density at radius 3 is 2.65 bits per heavy atom. The fraction of sp³-hybridized carbons (Fsp3) is 0.462. The van der Waals surface area contributed by atoms with Crippen molar-refractivity contribution in [2.45, 2.75) is 39.7 Å². The lowest BCUT2D eigenvalue weighted by Crippen LogP contribution is -2.27. The fourth-order valence-corrected chi connectivity index (χ4v) is 2.21. The second-order valence-electron chi connectivity index (χ2n) is 4.96. The zero-order valence-electron chi connectivity index (χ0n) is 11.8. The summed E-state index contributed by atoms with van der Waals surface area (Å²) in [5.74, 6) is 0. The molecule has 0 aromatic carbocycles. The van der Waals surface area contributed by atoms with Crippen LogP contribution in [0, 0.1) is 0 Å². The highest BCUT2D eigenvalue weighted by Gasteiger charge is 2.18. The minimum absolute atomic E-state index is 0.336. The molecule has 0 saturated carbocycles. The predicted octanol–water partition coefficient (Wildman–Crippen LogP) is 4.05. The van der Waals surface area contributed by atoms with Gasteiger partial charge < -0.3 is 4.74 Å². The first-order chi connectivity index (χ1) is 9.23. The van der Waals surface area contributed by atoms with Crippen molar-refractivity contribution in [2.24, 2.45) is 0 Å². The fourth-order valence-electron chi connectivity index (χ4n) is 1.34. The molecule has 0 atom stereocenters. The van der Waals surface area contributed by atoms with E-state index in [1.807, 2.05) is 6.92 Å². The van der Waals surface area contributed by atoms with Crippen LogP contribution in [-0.4, -0.2) is 21.9 Å². The molecular weight excluding hydrogens is 300 g/mol. The molecule has 1 N–H and O–H groups in total. The molecule has 20 heavy (non-hydrogen) atoms. The number of halogens is 1. The number of aromatic nitrogens is 1. The van der Waals surface area contributed by atoms with Gasteiger partial charge in [-0.15, -0.1) is 11.3 Å². The van der Waals surface area contributed by atoms with E-state index in [4.69, 9.17) is 16.3 Å². The molecule has 7 heteroatoms. The molecule has 0 aliphatic rings. The molecule has 1 heterocycles. The van der Waals surface area contributed by atoms with Gasteiger partial charge in [-0.2, -0.15) is 0 Å². The van der Waals surface area contributed by atoms with E-state index in [0.717, 1.165) is 0 Å². The van der Waals surface area contributed by atoms with Crippen LogP contribution >= 0.6 is 22.9 Å². The van der Waals surface area contributed by atoms with Crippen molar-refractivity contribution in [3.8, 4) is 0 Å². The Balaban J connectivity index is 2.80. The number of hydrogen-bond donors (Lipinski definition) is 1. The van der Waals surface area contributed by atoms with Crippen molar-refractivity contribution in [1.82, 2.24) is 4.98 Å². The molecule has 0 aliphatic heterocycles. The third-order valence-electron chi connectivity index (χ3n) is 2.01. The molecule has 1 amide bonds. The normalized spacial score (nSPS) is 12.2. The van der Waals surface area contributed by atoms with Gasteiger partial charge in [0.25, 0.3) is 5.24 Å². The van der Waals surface area contributed by atoms with Crippen LogP contribution in [0.1, 0.15) is 39.8 Å². The zero-order chi connectivity index (χ0) is 15.3. The lowest BCUT2D eigenvalue weighted by Gasteiger charge is -2.18. The van der Waals surface area contributed by atoms with Gasteiger partial charge in [0, 0.05) is 5.38 Å². The van der Waals surface area contributed by atoms with E-state index in [9.17, 15) is 9.59 Å². The summed E-state index contributed by atoms with van der Waals surface area (Å²) in [6.45, 7) is 7.21. The maximum Gasteiger partial charge on any atom is 0.413 e. The molecule has 1 aromatic rings. The smallest absolute Gasteiger partial charge is 0.413 e. The van der Waals surface area contributed by atoms with Crippen molar-refractivity contribution in [2.75, 3.05) is 5.32 Å². The van der Waals surface area contributed by atoms with Gasteiger partial charge in [-0.05, 0) is 38.8 Å². The summed E-state index contributed by atoms with van der Waals surface area (Å²) < 4.78 is 5.12. The molecule has 0 unspecified atom stereocenters. The standard InChI is InChI=1S/C13H17ClN2O3S/c1-5-6-8(10(14)17)9-7-20-11(15-9)16-12(18)19-13(2,3)4/h6-7H,5H2,1-4H3,(H,15,16,18). The SMILES string of the molecule is CCC=C(C(=O)Cl)c1csc(NC(=O)OC(C)(C)C)n1. The number of hydrogen-bond acceptors (Lipinski definition) is 5. The Kier molecular flexibility index (Phi) is 5.71. The quantitative estimate of drug-likeness (QED) is 0.672. The molecule has 0 bridgehead atoms. The molecule has 5 nitrogen and oxygen atoms in total. The van der Waals surface area contributed by atoms with E-state index in [0.29, 0.717) is 22.8 Å². The Labute approximate surface area is 127 Å². The van der Waals surface area contributed by atoms with E-state index in [-0.39, 0.29) is 0 Å². The minimum atomic E-state index is -0.586. The molecule has 110 valence electrons. The van der Waals surface area contributed by atoms with Crippen LogP contribution in [-0.2, 0) is 9.53 Å². The molecule has 0 fully saturated rings. The van der Waals surface area contributed by atoms with Gasteiger partial charge in [0.2, 0.25) is 0 Å². The maximum atomic E-state index is 11.6. The number of rotatable bonds is 4. The molecule has 0 saturated heterocycles. The van der Waals surface area contributed by atoms with Crippen LogP contribution in [0.2, 0.25) is 0 Å². The van der Waals surface area contributed by atoms with Crippen LogP contribution in [0.4, 0.5) is 9.93 Å². The van der Waals surface area contributed by atoms with E-state index in [1.54, 1.807) is 32.2 Å². The van der Waals surface area contributed by atoms with Gasteiger partial charge in [-0.25, -0.2) is 9.78 Å². The molecule has 0 radical (unpaired) electrons. The number of allylic oxidation sites excluding steroid dienone is 2. The van der Waals surface area contributed by atoms with Crippen LogP contribution in [0.3, 0.4) is 0 Å². The van der Waals surface area contributed by atoms with E-state index < -0.39 is 16.9 Å². The number of ether oxygens (including phenoxy) is 1. The number of nitrogens with one attached hydrogen (secondary N) is 1. The average molecular weight is 317 g/mol. The number of amides is 1. The zero-order valence-corrected chi connectivity index (χ0v) is 13.4. The number of carbonyl (C=O) groups is 2. The first-order valence-corrected chi connectivity index (χ1v) is 7.34. The summed E-state index contributed by atoms with van der Waals surface area (Å²) in [5.41, 5.74) is 0.203. The predicted molar refractivity (Wildman–Crippen MR) is 81.1 cm³/mol. The Morgan fingerprint density at radius 1 is 1.50 bits per heavy atom. The number of carbonyl (C=O) groups excluding carboxylic acids is 2. The summed E-state index contributed by atoms with van der Waals surface area (Å²) in [6.07, 6.45) is 1.78. The Bertz CT molecular complexity index is 532. The molecule has 1 rings (SSSR count). The first kappa shape index (κ1) is 16.7. The minimum Gasteiger partial charge on any atom is -0.444 e. The highest BCUT2D eigenvalue weighted by atomic mass is 35.5. The number of thiazole rings is 1. The maximum absolute atomic E-state index is 11.6. The van der Waals surface area contributed by atoms with Crippen molar-refractivity contribution in [3.05, 3.63) is 17.2 Å². The van der Waals surface area contributed by atoms with Crippen molar-refractivity contribution >= 4 is 45.0 Å². The second kappa shape index (κ2) is 6.85. The summed E-state index contributed by atoms with van der Waals surface area (Å²) in [5, 5.41) is 3.97. The summed E-state index contributed by atoms with van der Waals surface area (Å²) in [6, 6.07) is 0. The van der Waals surface area contributed by atoms with Crippen LogP contribution in [0.25, 0.3) is 5.57 Å². The third kappa shape index (κ3) is 5.30. The van der Waals surface area contributed by atoms with Crippen LogP contribution < -0.4 is 5.32 Å². The molecule has 0 aliphatic carbocycles. The average Bonchev–Trinajstić information content (AvgIpc) is 2.70. The van der Waals surface area contributed by atoms with Crippen LogP contribution in [0.15, 0.2) is 11.5 Å². The van der Waals surface area contributed by atoms with E-state index in [1.165, 1.54) is 11.3 Å². The van der Waals surface area contributed by atoms with Gasteiger partial charge >= 0.3 is 6.09 Å². The molecule has 0 spiro atoms. The lowest BCUT2D eigenvalue weighted by molar-refractivity contribution is -0.106. The van der Waals surface area contributed by atoms with Gasteiger partial charge in [0.1, 0.15) is 5.60 Å². The van der Waals surface area contributed by atoms with Gasteiger partial charge in [0.15, 0.2) is 5.13 Å². The highest BCUT2D eigenvalue weighted by molar-refractivity contribution is 7.14. The van der Waals surface area contributed by atoms with Crippen molar-refractivity contribution in [1.29, 1.82) is 0 Å². The highest BCUT2D eigenvalue weighted by Crippen LogP contribution is 2.24. The van der Waals surface area contributed by atoms with Crippen molar-refractivity contribution in [3.63, 3.8) is 0 Å². The lowest BCUT2D eigenvalue weighted by atomic mass is 10.2. The largest absolute Gasteiger partial charge is 0.444 e. The number of anilines is 1. The van der Waals surface area contributed by atoms with Gasteiger partial charge in [-0.3, -0.25) is 10.1 Å². The third-order valence-corrected chi connectivity index (χ3v) is 2.97. The van der Waals surface area contributed by atoms with Crippen molar-refractivity contribution < 1.29 is 14.3 Å². The van der Waals surface area contributed by atoms with E-state index >= 15 is 0 Å². The summed E-state index contributed by atoms with van der Waals surface area (Å²) >= 11 is 6.71. The monoisotopic (exact) mass is 316 g/mol. The second-order valence-corrected chi connectivity index (χ2v) is 6.17. The van der Waals surface area contributed by atoms with Gasteiger partial charge in [0.05, 0.1) is 11.3 Å². The Morgan fingerprint density at radius 2 is 2.15 bits per heavy atom. The molecular formula is C13H17ClN2O3S. The summed E-state index contributed by atoms with van der Waals surface area (Å²) in [4.78, 5) is 27.0. The van der Waals surface area contributed by atoms with Crippen LogP contribution in [0.5, 0.6) is 0 Å². The topological polar surface area (TPSA) is 68.3 Å². The number of nitrogens with zero attached hydrogens (tertiary/aromatic N) is 1. The van der Waals surface area contributed by atoms with Gasteiger partial charge in [-0.1, -0.05) is 13.0 Å². The van der Waals surface area contributed by atoms with E-state index in [2.05, 4.69) is 10.3 Å². The molecule has 1 aromatic heterocycles. The first-order valence-electron chi connectivity index (χ1n) is 6.09. The summed E-state index contributed by atoms with van der Waals surface area (Å²) in [7, 11) is 0.